The zero-order valence-electron chi connectivity index (χ0n) is 5.46. The van der Waals surface area contributed by atoms with Gasteiger partial charge in [-0.2, -0.15) is 0 Å². The highest BCUT2D eigenvalue weighted by Gasteiger charge is 1.96. The van der Waals surface area contributed by atoms with E-state index in [1.54, 1.807) is 0 Å². The van der Waals surface area contributed by atoms with E-state index in [1.807, 2.05) is 36.8 Å². The Bertz CT molecular complexity index is 255. The summed E-state index contributed by atoms with van der Waals surface area (Å²) in [6.07, 6.45) is 9.79. The van der Waals surface area contributed by atoms with Crippen molar-refractivity contribution in [1.29, 1.82) is 0 Å². The molecule has 0 amide bonds. The lowest BCUT2D eigenvalue weighted by Gasteiger charge is -1.85. The molecule has 2 heteroatoms. The van der Waals surface area contributed by atoms with Crippen molar-refractivity contribution in [2.45, 2.75) is 0 Å². The topological polar surface area (TPSA) is 27.8 Å². The average molecular weight is 132 g/mol. The Morgan fingerprint density at radius 2 is 2.00 bits per heavy atom. The molecule has 0 spiro atoms. The predicted molar refractivity (Wildman–Crippen MR) is 42.0 cm³/mol. The van der Waals surface area contributed by atoms with Crippen molar-refractivity contribution in [2.24, 2.45) is 0 Å². The molecule has 1 aromatic rings. The van der Waals surface area contributed by atoms with E-state index in [2.05, 4.69) is 10.3 Å². The molecule has 2 heterocycles. The van der Waals surface area contributed by atoms with Gasteiger partial charge in [-0.1, -0.05) is 0 Å². The third-order valence-corrected chi connectivity index (χ3v) is 1.52. The van der Waals surface area contributed by atoms with Crippen molar-refractivity contribution in [1.82, 2.24) is 10.3 Å². The number of fused-ring (bicyclic) bond motifs is 1. The van der Waals surface area contributed by atoms with Crippen LogP contribution in [0.1, 0.15) is 11.3 Å². The summed E-state index contributed by atoms with van der Waals surface area (Å²) in [6.45, 7) is 0. The maximum atomic E-state index is 3.12. The molecule has 2 nitrogen and oxygen atoms in total. The highest BCUT2D eigenvalue weighted by atomic mass is 14.8. The van der Waals surface area contributed by atoms with Gasteiger partial charge in [-0.15, -0.1) is 0 Å². The number of rotatable bonds is 0. The number of hydrogen-bond acceptors (Lipinski definition) is 1. The van der Waals surface area contributed by atoms with Crippen LogP contribution < -0.4 is 5.32 Å². The van der Waals surface area contributed by atoms with Gasteiger partial charge in [-0.25, -0.2) is 0 Å². The van der Waals surface area contributed by atoms with Gasteiger partial charge in [0.25, 0.3) is 0 Å². The lowest BCUT2D eigenvalue weighted by Crippen LogP contribution is -1.87. The van der Waals surface area contributed by atoms with E-state index in [1.165, 1.54) is 5.56 Å². The van der Waals surface area contributed by atoms with Crippen LogP contribution in [0.15, 0.2) is 24.7 Å². The van der Waals surface area contributed by atoms with E-state index >= 15 is 0 Å². The van der Waals surface area contributed by atoms with Gasteiger partial charge in [0.15, 0.2) is 0 Å². The summed E-state index contributed by atoms with van der Waals surface area (Å²) in [5.74, 6) is 0. The second-order valence-electron chi connectivity index (χ2n) is 2.18. The van der Waals surface area contributed by atoms with Crippen LogP contribution in [-0.4, -0.2) is 4.98 Å². The minimum atomic E-state index is 1.15. The SMILES string of the molecule is C1=Cc2cc[nH]c2C=CN1. The fourth-order valence-electron chi connectivity index (χ4n) is 1.01. The Morgan fingerprint density at radius 1 is 1.10 bits per heavy atom. The van der Waals surface area contributed by atoms with Gasteiger partial charge < -0.3 is 10.3 Å². The lowest BCUT2D eigenvalue weighted by molar-refractivity contribution is 1.22. The first-order valence-electron chi connectivity index (χ1n) is 3.23. The summed E-state index contributed by atoms with van der Waals surface area (Å²) in [4.78, 5) is 3.12. The van der Waals surface area contributed by atoms with Crippen molar-refractivity contribution in [3.05, 3.63) is 35.9 Å². The van der Waals surface area contributed by atoms with E-state index in [-0.39, 0.29) is 0 Å². The van der Waals surface area contributed by atoms with Gasteiger partial charge in [-0.05, 0) is 18.2 Å². The van der Waals surface area contributed by atoms with Crippen LogP contribution in [0.5, 0.6) is 0 Å². The van der Waals surface area contributed by atoms with E-state index in [9.17, 15) is 0 Å². The molecule has 0 aliphatic carbocycles. The molecule has 0 saturated heterocycles. The largest absolute Gasteiger partial charge is 0.368 e. The molecule has 1 aliphatic heterocycles. The first kappa shape index (κ1) is 5.35. The smallest absolute Gasteiger partial charge is 0.0469 e. The lowest BCUT2D eigenvalue weighted by atomic mass is 10.2. The second-order valence-corrected chi connectivity index (χ2v) is 2.18. The van der Waals surface area contributed by atoms with Crippen LogP contribution in [0.4, 0.5) is 0 Å². The van der Waals surface area contributed by atoms with Gasteiger partial charge in [0.2, 0.25) is 0 Å². The fourth-order valence-corrected chi connectivity index (χ4v) is 1.01. The summed E-state index contributed by atoms with van der Waals surface area (Å²) in [5.41, 5.74) is 2.38. The van der Waals surface area contributed by atoms with Crippen LogP contribution in [-0.2, 0) is 0 Å². The fraction of sp³-hybridized carbons (Fsp3) is 0. The molecule has 0 radical (unpaired) electrons. The zero-order chi connectivity index (χ0) is 6.81. The Labute approximate surface area is 59.3 Å². The summed E-state index contributed by atoms with van der Waals surface area (Å²) < 4.78 is 0. The highest BCUT2D eigenvalue weighted by Crippen LogP contribution is 2.11. The van der Waals surface area contributed by atoms with Crippen molar-refractivity contribution in [3.8, 4) is 0 Å². The number of nitrogens with one attached hydrogen (secondary N) is 2. The second kappa shape index (κ2) is 2.06. The number of aromatic amines is 1. The molecular weight excluding hydrogens is 124 g/mol. The molecule has 0 unspecified atom stereocenters. The maximum Gasteiger partial charge on any atom is 0.0469 e. The van der Waals surface area contributed by atoms with Crippen molar-refractivity contribution >= 4 is 12.2 Å². The molecule has 0 bridgehead atoms. The van der Waals surface area contributed by atoms with Crippen LogP contribution >= 0.6 is 0 Å². The van der Waals surface area contributed by atoms with E-state index in [0.717, 1.165) is 5.69 Å². The molecule has 1 aromatic heterocycles. The van der Waals surface area contributed by atoms with E-state index in [0.29, 0.717) is 0 Å². The summed E-state index contributed by atoms with van der Waals surface area (Å²) in [5, 5.41) is 3.00. The molecule has 0 fully saturated rings. The monoisotopic (exact) mass is 132 g/mol. The van der Waals surface area contributed by atoms with E-state index in [4.69, 9.17) is 0 Å². The molecule has 0 aromatic carbocycles. The molecule has 1 aliphatic rings. The third-order valence-electron chi connectivity index (χ3n) is 1.52. The minimum absolute atomic E-state index is 1.15. The first-order chi connectivity index (χ1) is 4.97. The first-order valence-corrected chi connectivity index (χ1v) is 3.23. The normalized spacial score (nSPS) is 14.0. The Hall–Kier alpha value is -1.44. The average Bonchev–Trinajstić information content (AvgIpc) is 2.28. The van der Waals surface area contributed by atoms with Gasteiger partial charge in [-0.3, -0.25) is 0 Å². The Balaban J connectivity index is 2.56. The predicted octanol–water partition coefficient (Wildman–Crippen LogP) is 1.56. The Morgan fingerprint density at radius 3 is 3.00 bits per heavy atom. The van der Waals surface area contributed by atoms with Crippen LogP contribution in [0.3, 0.4) is 0 Å². The third kappa shape index (κ3) is 0.739. The number of H-pyrrole nitrogens is 1. The molecule has 0 atom stereocenters. The van der Waals surface area contributed by atoms with Gasteiger partial charge in [0.05, 0.1) is 0 Å². The molecule has 0 saturated carbocycles. The number of aromatic nitrogens is 1. The summed E-state index contributed by atoms with van der Waals surface area (Å²) >= 11 is 0. The van der Waals surface area contributed by atoms with Gasteiger partial charge in [0.1, 0.15) is 0 Å². The van der Waals surface area contributed by atoms with Gasteiger partial charge in [0, 0.05) is 29.9 Å². The highest BCUT2D eigenvalue weighted by molar-refractivity contribution is 5.64. The summed E-state index contributed by atoms with van der Waals surface area (Å²) in [7, 11) is 0. The Kier molecular flexibility index (Phi) is 1.10. The standard InChI is InChI=1S/C8H8N2/c1-4-9-5-3-8-7(1)2-6-10-8/h1-6,9-10H. The minimum Gasteiger partial charge on any atom is -0.368 e. The molecule has 10 heavy (non-hydrogen) atoms. The van der Waals surface area contributed by atoms with Crippen molar-refractivity contribution < 1.29 is 0 Å². The van der Waals surface area contributed by atoms with Crippen LogP contribution in [0.2, 0.25) is 0 Å². The summed E-state index contributed by atoms with van der Waals surface area (Å²) in [6, 6.07) is 2.04. The van der Waals surface area contributed by atoms with Gasteiger partial charge >= 0.3 is 0 Å². The van der Waals surface area contributed by atoms with Crippen molar-refractivity contribution in [2.75, 3.05) is 0 Å². The molecule has 50 valence electrons. The molecule has 2 N–H and O–H groups in total. The van der Waals surface area contributed by atoms with Crippen LogP contribution in [0, 0.1) is 0 Å². The van der Waals surface area contributed by atoms with E-state index < -0.39 is 0 Å². The zero-order valence-corrected chi connectivity index (χ0v) is 5.46. The molecular formula is C8H8N2. The maximum absolute atomic E-state index is 3.12. The quantitative estimate of drug-likeness (QED) is 0.550. The number of hydrogen-bond donors (Lipinski definition) is 2. The van der Waals surface area contributed by atoms with Crippen molar-refractivity contribution in [3.63, 3.8) is 0 Å². The van der Waals surface area contributed by atoms with Crippen LogP contribution in [0.25, 0.3) is 12.2 Å². The molecule has 2 rings (SSSR count).